The van der Waals surface area contributed by atoms with Gasteiger partial charge in [0.15, 0.2) is 0 Å². The van der Waals surface area contributed by atoms with Gasteiger partial charge in [0.2, 0.25) is 5.91 Å². The first-order valence-electron chi connectivity index (χ1n) is 13.2. The molecule has 0 aliphatic carbocycles. The Kier molecular flexibility index (Phi) is 20.8. The van der Waals surface area contributed by atoms with E-state index in [1.54, 1.807) is 6.92 Å². The van der Waals surface area contributed by atoms with Crippen LogP contribution in [0.2, 0.25) is 0 Å². The van der Waals surface area contributed by atoms with E-state index < -0.39 is 30.7 Å². The Morgan fingerprint density at radius 1 is 0.647 bits per heavy atom. The van der Waals surface area contributed by atoms with Gasteiger partial charge in [-0.05, 0) is 13.3 Å². The molecule has 0 atom stereocenters. The fraction of sp³-hybridized carbons (Fsp3) is 0.885. The van der Waals surface area contributed by atoms with Crippen LogP contribution >= 0.6 is 0 Å². The van der Waals surface area contributed by atoms with Crippen LogP contribution in [0.4, 0.5) is 0 Å². The normalized spacial score (nSPS) is 11.3. The quantitative estimate of drug-likeness (QED) is 0.146. The maximum atomic E-state index is 12.3. The summed E-state index contributed by atoms with van der Waals surface area (Å²) in [5, 5.41) is 20.3. The van der Waals surface area contributed by atoms with Gasteiger partial charge in [0.05, 0.1) is 0 Å². The molecule has 0 spiro atoms. The Bertz CT molecular complexity index is 519. The summed E-state index contributed by atoms with van der Waals surface area (Å²) in [6.07, 6.45) is 19.1. The number of rotatable bonds is 23. The lowest BCUT2D eigenvalue weighted by Crippen LogP contribution is -2.53. The van der Waals surface area contributed by atoms with Crippen molar-refractivity contribution in [3.8, 4) is 0 Å². The van der Waals surface area contributed by atoms with Crippen LogP contribution < -0.4 is 5.32 Å². The average molecular weight is 488 g/mol. The minimum absolute atomic E-state index is 0.225. The van der Waals surface area contributed by atoms with Crippen LogP contribution in [0, 0.1) is 0 Å². The molecular weight excluding hydrogens is 438 g/mol. The van der Waals surface area contributed by atoms with Crippen molar-refractivity contribution in [2.24, 2.45) is 0 Å². The zero-order valence-corrected chi connectivity index (χ0v) is 21.6. The second-order valence-electron chi connectivity index (χ2n) is 9.45. The maximum absolute atomic E-state index is 12.3. The molecule has 0 aromatic heterocycles. The molecule has 8 nitrogen and oxygen atoms in total. The molecule has 0 aliphatic heterocycles. The van der Waals surface area contributed by atoms with Crippen LogP contribution in [0.3, 0.4) is 0 Å². The van der Waals surface area contributed by atoms with Gasteiger partial charge in [-0.25, -0.2) is 9.59 Å². The molecule has 0 radical (unpaired) electrons. The van der Waals surface area contributed by atoms with E-state index in [-0.39, 0.29) is 19.1 Å². The Morgan fingerprint density at radius 3 is 1.35 bits per heavy atom. The Morgan fingerprint density at radius 2 is 1.00 bits per heavy atom. The summed E-state index contributed by atoms with van der Waals surface area (Å²) in [7, 11) is 0. The van der Waals surface area contributed by atoms with E-state index in [9.17, 15) is 14.4 Å². The summed E-state index contributed by atoms with van der Waals surface area (Å²) in [6, 6.07) is 0. The summed E-state index contributed by atoms with van der Waals surface area (Å²) in [4.78, 5) is 34.8. The number of unbranched alkanes of at least 4 members (excludes halogenated alkanes) is 14. The predicted octanol–water partition coefficient (Wildman–Crippen LogP) is 4.19. The van der Waals surface area contributed by atoms with Crippen LogP contribution in [0.15, 0.2) is 0 Å². The molecule has 1 amide bonds. The minimum atomic E-state index is -1.14. The van der Waals surface area contributed by atoms with E-state index in [1.807, 2.05) is 0 Å². The monoisotopic (exact) mass is 487 g/mol. The number of nitrogens with one attached hydrogen (secondary N) is 1. The first-order valence-corrected chi connectivity index (χ1v) is 13.2. The molecule has 34 heavy (non-hydrogen) atoms. The van der Waals surface area contributed by atoms with Gasteiger partial charge in [-0.2, -0.15) is 0 Å². The van der Waals surface area contributed by atoms with Crippen molar-refractivity contribution in [1.29, 1.82) is 0 Å². The topological polar surface area (TPSA) is 122 Å². The first kappa shape index (κ1) is 32.3. The van der Waals surface area contributed by atoms with Crippen LogP contribution in [-0.4, -0.2) is 60.0 Å². The van der Waals surface area contributed by atoms with Gasteiger partial charge in [-0.3, -0.25) is 4.79 Å². The molecule has 0 unspecified atom stereocenters. The second-order valence-corrected chi connectivity index (χ2v) is 9.45. The predicted molar refractivity (Wildman–Crippen MR) is 132 cm³/mol. The highest BCUT2D eigenvalue weighted by Gasteiger charge is 2.30. The molecule has 0 bridgehead atoms. The average Bonchev–Trinajstić information content (AvgIpc) is 2.83. The van der Waals surface area contributed by atoms with Crippen molar-refractivity contribution in [3.05, 3.63) is 0 Å². The molecule has 0 aliphatic rings. The van der Waals surface area contributed by atoms with E-state index in [4.69, 9.17) is 19.7 Å². The molecule has 0 aromatic rings. The number of hydrogen-bond donors (Lipinski definition) is 3. The molecule has 8 heteroatoms. The molecule has 0 saturated carbocycles. The van der Waals surface area contributed by atoms with Crippen molar-refractivity contribution >= 4 is 17.8 Å². The summed E-state index contributed by atoms with van der Waals surface area (Å²) < 4.78 is 9.79. The SMILES string of the molecule is CCCCCCCCCCCCCCCCCC(=O)NC(C)(COC(=O)CO)COC(=O)CO. The summed E-state index contributed by atoms with van der Waals surface area (Å²) >= 11 is 0. The smallest absolute Gasteiger partial charge is 0.331 e. The van der Waals surface area contributed by atoms with Crippen molar-refractivity contribution < 1.29 is 34.1 Å². The highest BCUT2D eigenvalue weighted by Crippen LogP contribution is 2.14. The van der Waals surface area contributed by atoms with Crippen LogP contribution in [0.5, 0.6) is 0 Å². The van der Waals surface area contributed by atoms with E-state index in [0.717, 1.165) is 19.3 Å². The van der Waals surface area contributed by atoms with E-state index in [2.05, 4.69) is 12.2 Å². The third-order valence-corrected chi connectivity index (χ3v) is 5.81. The summed E-state index contributed by atoms with van der Waals surface area (Å²) in [6.45, 7) is 1.76. The number of aliphatic hydroxyl groups excluding tert-OH is 2. The molecular formula is C26H49NO7. The summed E-state index contributed by atoms with van der Waals surface area (Å²) in [5.74, 6) is -1.90. The van der Waals surface area contributed by atoms with E-state index in [0.29, 0.717) is 6.42 Å². The first-order chi connectivity index (χ1) is 16.4. The number of carbonyl (C=O) groups is 3. The van der Waals surface area contributed by atoms with Gasteiger partial charge in [-0.1, -0.05) is 96.8 Å². The maximum Gasteiger partial charge on any atom is 0.331 e. The van der Waals surface area contributed by atoms with Crippen LogP contribution in [0.1, 0.15) is 117 Å². The van der Waals surface area contributed by atoms with Crippen LogP contribution in [0.25, 0.3) is 0 Å². The Balaban J connectivity index is 3.87. The van der Waals surface area contributed by atoms with Gasteiger partial charge in [0, 0.05) is 6.42 Å². The lowest BCUT2D eigenvalue weighted by molar-refractivity contribution is -0.155. The largest absolute Gasteiger partial charge is 0.461 e. The molecule has 0 aromatic carbocycles. The number of hydrogen-bond acceptors (Lipinski definition) is 7. The standard InChI is InChI=1S/C26H49NO7/c1-3-4-5-6-7-8-9-10-11-12-13-14-15-16-17-18-23(30)27-26(2,21-33-24(31)19-28)22-34-25(32)20-29/h28-29H,3-22H2,1-2H3,(H,27,30). The molecule has 0 rings (SSSR count). The number of ether oxygens (including phenoxy) is 2. The fourth-order valence-electron chi connectivity index (χ4n) is 3.74. The zero-order chi connectivity index (χ0) is 25.5. The fourth-order valence-corrected chi connectivity index (χ4v) is 3.74. The number of esters is 2. The number of amides is 1. The van der Waals surface area contributed by atoms with Crippen molar-refractivity contribution in [1.82, 2.24) is 5.32 Å². The van der Waals surface area contributed by atoms with Crippen molar-refractivity contribution in [3.63, 3.8) is 0 Å². The molecule has 0 heterocycles. The lowest BCUT2D eigenvalue weighted by Gasteiger charge is -2.29. The zero-order valence-electron chi connectivity index (χ0n) is 21.6. The Labute approximate surface area is 206 Å². The van der Waals surface area contributed by atoms with Gasteiger partial charge < -0.3 is 25.0 Å². The van der Waals surface area contributed by atoms with Crippen LogP contribution in [-0.2, 0) is 23.9 Å². The molecule has 3 N–H and O–H groups in total. The Hall–Kier alpha value is -1.67. The molecule has 0 saturated heterocycles. The number of carbonyl (C=O) groups excluding carboxylic acids is 3. The molecule has 0 fully saturated rings. The van der Waals surface area contributed by atoms with Gasteiger partial charge in [0.25, 0.3) is 0 Å². The van der Waals surface area contributed by atoms with Crippen molar-refractivity contribution in [2.45, 2.75) is 122 Å². The van der Waals surface area contributed by atoms with Gasteiger partial charge in [-0.15, -0.1) is 0 Å². The highest BCUT2D eigenvalue weighted by molar-refractivity contribution is 5.77. The number of aliphatic hydroxyl groups is 2. The highest BCUT2D eigenvalue weighted by atomic mass is 16.6. The minimum Gasteiger partial charge on any atom is -0.461 e. The second kappa shape index (κ2) is 21.8. The van der Waals surface area contributed by atoms with Gasteiger partial charge in [0.1, 0.15) is 32.0 Å². The third kappa shape index (κ3) is 19.8. The lowest BCUT2D eigenvalue weighted by atomic mass is 10.0. The third-order valence-electron chi connectivity index (χ3n) is 5.81. The van der Waals surface area contributed by atoms with E-state index in [1.165, 1.54) is 77.0 Å². The van der Waals surface area contributed by atoms with Gasteiger partial charge >= 0.3 is 11.9 Å². The summed E-state index contributed by atoms with van der Waals surface area (Å²) in [5.41, 5.74) is -1.14. The van der Waals surface area contributed by atoms with E-state index >= 15 is 0 Å². The van der Waals surface area contributed by atoms with Crippen molar-refractivity contribution in [2.75, 3.05) is 26.4 Å². The molecule has 200 valence electrons.